The van der Waals surface area contributed by atoms with Crippen LogP contribution in [-0.4, -0.2) is 6.04 Å². The predicted octanol–water partition coefficient (Wildman–Crippen LogP) is 3.43. The van der Waals surface area contributed by atoms with Gasteiger partial charge in [0.1, 0.15) is 0 Å². The zero-order valence-electron chi connectivity index (χ0n) is 9.39. The van der Waals surface area contributed by atoms with Crippen molar-refractivity contribution in [2.24, 2.45) is 5.73 Å². The van der Waals surface area contributed by atoms with Crippen LogP contribution in [0.1, 0.15) is 30.7 Å². The molecule has 0 saturated heterocycles. The maximum absolute atomic E-state index is 5.98. The van der Waals surface area contributed by atoms with E-state index < -0.39 is 0 Å². The lowest BCUT2D eigenvalue weighted by Crippen LogP contribution is -2.14. The summed E-state index contributed by atoms with van der Waals surface area (Å²) in [6.45, 7) is 0. The first kappa shape index (κ1) is 9.86. The van der Waals surface area contributed by atoms with E-state index in [0.29, 0.717) is 12.0 Å². The minimum absolute atomic E-state index is 0.413. The van der Waals surface area contributed by atoms with Gasteiger partial charge < -0.3 is 5.73 Å². The molecule has 2 atom stereocenters. The number of nitrogens with two attached hydrogens (primary N) is 1. The molecule has 2 N–H and O–H groups in total. The van der Waals surface area contributed by atoms with Gasteiger partial charge in [0.15, 0.2) is 0 Å². The van der Waals surface area contributed by atoms with Crippen LogP contribution in [0.25, 0.3) is 10.8 Å². The van der Waals surface area contributed by atoms with Crippen LogP contribution in [0.2, 0.25) is 0 Å². The minimum atomic E-state index is 0.413. The molecule has 1 aliphatic rings. The molecule has 0 aliphatic heterocycles. The Balaban J connectivity index is 1.99. The van der Waals surface area contributed by atoms with Crippen molar-refractivity contribution < 1.29 is 0 Å². The molecule has 82 valence electrons. The van der Waals surface area contributed by atoms with E-state index in [1.807, 2.05) is 0 Å². The van der Waals surface area contributed by atoms with Gasteiger partial charge in [-0.2, -0.15) is 0 Å². The van der Waals surface area contributed by atoms with Gasteiger partial charge in [-0.15, -0.1) is 0 Å². The second-order valence-electron chi connectivity index (χ2n) is 4.88. The van der Waals surface area contributed by atoms with Crippen molar-refractivity contribution in [1.29, 1.82) is 0 Å². The fourth-order valence-electron chi connectivity index (χ4n) is 2.78. The van der Waals surface area contributed by atoms with Crippen molar-refractivity contribution in [2.75, 3.05) is 0 Å². The summed E-state index contributed by atoms with van der Waals surface area (Å²) in [6.07, 6.45) is 3.58. The van der Waals surface area contributed by atoms with Crippen molar-refractivity contribution in [3.8, 4) is 0 Å². The molecule has 0 bridgehead atoms. The van der Waals surface area contributed by atoms with E-state index in [1.165, 1.54) is 29.2 Å². The number of fused-ring (bicyclic) bond motifs is 1. The fourth-order valence-corrected chi connectivity index (χ4v) is 2.78. The Kier molecular flexibility index (Phi) is 2.41. The molecule has 1 saturated carbocycles. The maximum Gasteiger partial charge on any atom is 0.00448 e. The lowest BCUT2D eigenvalue weighted by atomic mass is 9.95. The van der Waals surface area contributed by atoms with E-state index in [1.54, 1.807) is 0 Å². The first-order valence-corrected chi connectivity index (χ1v) is 6.07. The molecule has 1 aliphatic carbocycles. The smallest absolute Gasteiger partial charge is 0.00448 e. The molecule has 2 aromatic rings. The topological polar surface area (TPSA) is 26.0 Å². The van der Waals surface area contributed by atoms with Gasteiger partial charge in [0.2, 0.25) is 0 Å². The molecule has 0 heterocycles. The molecule has 1 fully saturated rings. The molecule has 0 aromatic heterocycles. The summed E-state index contributed by atoms with van der Waals surface area (Å²) in [5.74, 6) is 0.680. The number of rotatable bonds is 1. The zero-order chi connectivity index (χ0) is 11.0. The quantitative estimate of drug-likeness (QED) is 0.768. The highest BCUT2D eigenvalue weighted by Crippen LogP contribution is 2.34. The van der Waals surface area contributed by atoms with Gasteiger partial charge in [-0.3, -0.25) is 0 Å². The number of hydrogen-bond donors (Lipinski definition) is 1. The van der Waals surface area contributed by atoms with Gasteiger partial charge in [-0.25, -0.2) is 0 Å². The average Bonchev–Trinajstić information content (AvgIpc) is 2.75. The van der Waals surface area contributed by atoms with Crippen LogP contribution in [0.3, 0.4) is 0 Å². The Hall–Kier alpha value is -1.34. The molecule has 2 aromatic carbocycles. The summed E-state index contributed by atoms with van der Waals surface area (Å²) < 4.78 is 0. The highest BCUT2D eigenvalue weighted by molar-refractivity contribution is 5.83. The summed E-state index contributed by atoms with van der Waals surface area (Å²) >= 11 is 0. The van der Waals surface area contributed by atoms with Crippen molar-refractivity contribution in [3.63, 3.8) is 0 Å². The second kappa shape index (κ2) is 3.91. The van der Waals surface area contributed by atoms with E-state index in [-0.39, 0.29) is 0 Å². The Bertz CT molecular complexity index is 504. The van der Waals surface area contributed by atoms with Crippen LogP contribution in [-0.2, 0) is 0 Å². The largest absolute Gasteiger partial charge is 0.328 e. The van der Waals surface area contributed by atoms with Crippen LogP contribution in [0.5, 0.6) is 0 Å². The van der Waals surface area contributed by atoms with Crippen LogP contribution in [0.15, 0.2) is 42.5 Å². The van der Waals surface area contributed by atoms with Gasteiger partial charge in [0.05, 0.1) is 0 Å². The van der Waals surface area contributed by atoms with Crippen LogP contribution in [0, 0.1) is 0 Å². The lowest BCUT2D eigenvalue weighted by molar-refractivity contribution is 0.675. The molecule has 0 spiro atoms. The minimum Gasteiger partial charge on any atom is -0.328 e. The summed E-state index contributed by atoms with van der Waals surface area (Å²) in [7, 11) is 0. The fraction of sp³-hybridized carbons (Fsp3) is 0.333. The normalized spacial score (nSPS) is 25.1. The summed E-state index contributed by atoms with van der Waals surface area (Å²) in [6, 6.07) is 15.8. The molecule has 1 heteroatoms. The first-order valence-electron chi connectivity index (χ1n) is 6.07. The van der Waals surface area contributed by atoms with Crippen LogP contribution >= 0.6 is 0 Å². The molecule has 2 unspecified atom stereocenters. The highest BCUT2D eigenvalue weighted by Gasteiger charge is 2.22. The van der Waals surface area contributed by atoms with Crippen molar-refractivity contribution in [1.82, 2.24) is 0 Å². The van der Waals surface area contributed by atoms with Gasteiger partial charge in [0, 0.05) is 6.04 Å². The zero-order valence-corrected chi connectivity index (χ0v) is 9.39. The standard InChI is InChI=1S/C15H17N/c16-15-8-7-14(10-15)13-6-5-11-3-1-2-4-12(11)9-13/h1-6,9,14-15H,7-8,10,16H2. The molecule has 0 radical (unpaired) electrons. The lowest BCUT2D eigenvalue weighted by Gasteiger charge is -2.10. The second-order valence-corrected chi connectivity index (χ2v) is 4.88. The Morgan fingerprint density at radius 2 is 1.75 bits per heavy atom. The Labute approximate surface area is 96.3 Å². The molecule has 3 rings (SSSR count). The molecule has 1 nitrogen and oxygen atoms in total. The first-order chi connectivity index (χ1) is 7.83. The number of hydrogen-bond acceptors (Lipinski definition) is 1. The van der Waals surface area contributed by atoms with Crippen LogP contribution < -0.4 is 5.73 Å². The summed E-state index contributed by atoms with van der Waals surface area (Å²) in [5, 5.41) is 2.68. The van der Waals surface area contributed by atoms with E-state index in [0.717, 1.165) is 6.42 Å². The van der Waals surface area contributed by atoms with Gasteiger partial charge in [0.25, 0.3) is 0 Å². The molecule has 0 amide bonds. The van der Waals surface area contributed by atoms with Gasteiger partial charge in [-0.05, 0) is 41.5 Å². The Morgan fingerprint density at radius 1 is 0.938 bits per heavy atom. The van der Waals surface area contributed by atoms with Crippen LogP contribution in [0.4, 0.5) is 0 Å². The van der Waals surface area contributed by atoms with E-state index >= 15 is 0 Å². The van der Waals surface area contributed by atoms with Crippen molar-refractivity contribution >= 4 is 10.8 Å². The van der Waals surface area contributed by atoms with E-state index in [2.05, 4.69) is 42.5 Å². The highest BCUT2D eigenvalue weighted by atomic mass is 14.6. The van der Waals surface area contributed by atoms with E-state index in [4.69, 9.17) is 5.73 Å². The average molecular weight is 211 g/mol. The maximum atomic E-state index is 5.98. The van der Waals surface area contributed by atoms with Gasteiger partial charge in [-0.1, -0.05) is 42.5 Å². The third-order valence-corrected chi connectivity index (χ3v) is 3.72. The number of benzene rings is 2. The van der Waals surface area contributed by atoms with E-state index in [9.17, 15) is 0 Å². The monoisotopic (exact) mass is 211 g/mol. The third kappa shape index (κ3) is 1.72. The Morgan fingerprint density at radius 3 is 2.50 bits per heavy atom. The molecule has 16 heavy (non-hydrogen) atoms. The summed E-state index contributed by atoms with van der Waals surface area (Å²) in [5.41, 5.74) is 7.44. The SMILES string of the molecule is NC1CCC(c2ccc3ccccc3c2)C1. The van der Waals surface area contributed by atoms with Gasteiger partial charge >= 0.3 is 0 Å². The predicted molar refractivity (Wildman–Crippen MR) is 68.5 cm³/mol. The van der Waals surface area contributed by atoms with Crippen molar-refractivity contribution in [3.05, 3.63) is 48.0 Å². The molecular formula is C15H17N. The van der Waals surface area contributed by atoms with Crippen molar-refractivity contribution in [2.45, 2.75) is 31.2 Å². The summed E-state index contributed by atoms with van der Waals surface area (Å²) in [4.78, 5) is 0. The third-order valence-electron chi connectivity index (χ3n) is 3.72. The molecular weight excluding hydrogens is 194 g/mol.